The maximum Gasteiger partial charge on any atom is 0.457 e. The quantitative estimate of drug-likeness (QED) is 0.487. The van der Waals surface area contributed by atoms with Crippen LogP contribution in [0.4, 0.5) is 0 Å². The van der Waals surface area contributed by atoms with Gasteiger partial charge in [-0.05, 0) is 12.1 Å². The highest BCUT2D eigenvalue weighted by atomic mass is 16.4. The summed E-state index contributed by atoms with van der Waals surface area (Å²) in [6.07, 6.45) is 0. The summed E-state index contributed by atoms with van der Waals surface area (Å²) >= 11 is 0. The van der Waals surface area contributed by atoms with Gasteiger partial charge in [0.2, 0.25) is 0 Å². The van der Waals surface area contributed by atoms with Crippen molar-refractivity contribution in [1.82, 2.24) is 0 Å². The maximum atomic E-state index is 10.9. The van der Waals surface area contributed by atoms with E-state index in [1.807, 2.05) is 12.1 Å². The second-order valence-electron chi connectivity index (χ2n) is 2.10. The van der Waals surface area contributed by atoms with Crippen molar-refractivity contribution < 1.29 is 9.45 Å². The van der Waals surface area contributed by atoms with Crippen LogP contribution < -0.4 is 4.65 Å². The van der Waals surface area contributed by atoms with E-state index in [-0.39, 0.29) is 5.68 Å². The Kier molecular flexibility index (Phi) is 1.03. The molecule has 10 heavy (non-hydrogen) atoms. The second-order valence-corrected chi connectivity index (χ2v) is 2.10. The molecule has 1 aliphatic heterocycles. The molecule has 0 spiro atoms. The van der Waals surface area contributed by atoms with Crippen molar-refractivity contribution in [3.8, 4) is 5.75 Å². The normalized spacial score (nSPS) is 13.8. The van der Waals surface area contributed by atoms with Crippen LogP contribution in [0, 0.1) is 0 Å². The van der Waals surface area contributed by atoms with E-state index >= 15 is 0 Å². The van der Waals surface area contributed by atoms with Gasteiger partial charge in [-0.3, -0.25) is 0 Å². The number of fused-ring (bicyclic) bond motifs is 1. The van der Waals surface area contributed by atoms with Crippen molar-refractivity contribution in [2.75, 3.05) is 0 Å². The molecule has 47 valence electrons. The zero-order valence-electron chi connectivity index (χ0n) is 5.20. The highest BCUT2D eigenvalue weighted by molar-refractivity contribution is 6.75. The van der Waals surface area contributed by atoms with Crippen LogP contribution in [0.5, 0.6) is 5.75 Å². The monoisotopic (exact) mass is 131 g/mol. The van der Waals surface area contributed by atoms with Crippen molar-refractivity contribution in [2.24, 2.45) is 0 Å². The van der Waals surface area contributed by atoms with Crippen molar-refractivity contribution >= 4 is 13.2 Å². The highest BCUT2D eigenvalue weighted by Gasteiger charge is 2.22. The van der Waals surface area contributed by atoms with Crippen LogP contribution in [0.15, 0.2) is 24.3 Å². The van der Waals surface area contributed by atoms with E-state index in [0.717, 1.165) is 0 Å². The van der Waals surface area contributed by atoms with E-state index in [0.29, 0.717) is 11.3 Å². The first-order chi connectivity index (χ1) is 4.88. The number of para-hydroxylation sites is 1. The van der Waals surface area contributed by atoms with E-state index in [4.69, 9.17) is 4.65 Å². The molecular formula is C7H4BO2. The molecule has 3 heteroatoms. The second kappa shape index (κ2) is 1.87. The van der Waals surface area contributed by atoms with Crippen molar-refractivity contribution in [2.45, 2.75) is 0 Å². The Bertz CT molecular complexity index is 283. The minimum Gasteiger partial charge on any atom is -0.555 e. The Balaban J connectivity index is 2.61. The summed E-state index contributed by atoms with van der Waals surface area (Å²) in [4.78, 5) is 10.9. The molecule has 1 heterocycles. The molecule has 0 aliphatic carbocycles. The summed E-state index contributed by atoms with van der Waals surface area (Å²) in [5.41, 5.74) is 0.609. The average molecular weight is 131 g/mol. The molecule has 0 atom stereocenters. The summed E-state index contributed by atoms with van der Waals surface area (Å²) in [5, 5.41) is 0. The molecule has 0 unspecified atom stereocenters. The first-order valence-electron chi connectivity index (χ1n) is 3.01. The Morgan fingerprint density at radius 1 is 1.30 bits per heavy atom. The predicted octanol–water partition coefficient (Wildman–Crippen LogP) is 0.838. The predicted molar refractivity (Wildman–Crippen MR) is 37.2 cm³/mol. The average Bonchev–Trinajstić information content (AvgIpc) is 2.34. The maximum absolute atomic E-state index is 10.9. The van der Waals surface area contributed by atoms with Crippen molar-refractivity contribution in [3.05, 3.63) is 29.8 Å². The van der Waals surface area contributed by atoms with Crippen LogP contribution in [0.3, 0.4) is 0 Å². The largest absolute Gasteiger partial charge is 0.555 e. The van der Waals surface area contributed by atoms with E-state index in [1.54, 1.807) is 12.1 Å². The van der Waals surface area contributed by atoms with Crippen LogP contribution in [-0.2, 0) is 0 Å². The van der Waals surface area contributed by atoms with Gasteiger partial charge in [0.1, 0.15) is 5.75 Å². The smallest absolute Gasteiger partial charge is 0.457 e. The molecule has 0 saturated heterocycles. The molecule has 2 rings (SSSR count). The molecule has 1 aromatic carbocycles. The SMILES string of the molecule is O=C1[B]Oc2ccccc21. The van der Waals surface area contributed by atoms with Crippen LogP contribution in [0.1, 0.15) is 10.4 Å². The van der Waals surface area contributed by atoms with Crippen molar-refractivity contribution in [3.63, 3.8) is 0 Å². The fourth-order valence-electron chi connectivity index (χ4n) is 0.953. The molecule has 1 radical (unpaired) electrons. The molecule has 0 fully saturated rings. The summed E-state index contributed by atoms with van der Waals surface area (Å²) in [6, 6.07) is 7.18. The lowest BCUT2D eigenvalue weighted by atomic mass is 9.91. The third-order valence-electron chi connectivity index (χ3n) is 1.45. The van der Waals surface area contributed by atoms with Gasteiger partial charge in [0.25, 0.3) is 0 Å². The van der Waals surface area contributed by atoms with Gasteiger partial charge in [-0.15, -0.1) is 0 Å². The highest BCUT2D eigenvalue weighted by Crippen LogP contribution is 2.22. The third kappa shape index (κ3) is 0.636. The van der Waals surface area contributed by atoms with E-state index < -0.39 is 0 Å². The van der Waals surface area contributed by atoms with Gasteiger partial charge in [-0.2, -0.15) is 0 Å². The minimum absolute atomic E-state index is 0.0457. The lowest BCUT2D eigenvalue weighted by Gasteiger charge is -1.93. The summed E-state index contributed by atoms with van der Waals surface area (Å²) in [7, 11) is 1.23. The van der Waals surface area contributed by atoms with Crippen LogP contribution in [0.25, 0.3) is 0 Å². The Hall–Kier alpha value is -1.25. The standard InChI is InChI=1S/C7H4BO2/c9-7-5-3-1-2-4-6(5)10-8-7/h1-4H. The molecule has 0 bridgehead atoms. The third-order valence-corrected chi connectivity index (χ3v) is 1.45. The number of carbonyl (C=O) groups is 1. The molecule has 2 nitrogen and oxygen atoms in total. The van der Waals surface area contributed by atoms with Crippen LogP contribution in [0.2, 0.25) is 0 Å². The summed E-state index contributed by atoms with van der Waals surface area (Å²) in [6.45, 7) is 0. The lowest BCUT2D eigenvalue weighted by Crippen LogP contribution is -2.04. The fourth-order valence-corrected chi connectivity index (χ4v) is 0.953. The molecule has 0 aromatic heterocycles. The van der Waals surface area contributed by atoms with E-state index in [2.05, 4.69) is 0 Å². The van der Waals surface area contributed by atoms with Gasteiger partial charge in [0.05, 0.1) is 5.56 Å². The van der Waals surface area contributed by atoms with Crippen LogP contribution in [-0.4, -0.2) is 13.2 Å². The molecule has 1 aliphatic rings. The summed E-state index contributed by atoms with van der Waals surface area (Å²) in [5.74, 6) is 0.660. The number of carbonyl (C=O) groups excluding carboxylic acids is 1. The summed E-state index contributed by atoms with van der Waals surface area (Å²) < 4.78 is 4.94. The van der Waals surface area contributed by atoms with E-state index in [9.17, 15) is 4.79 Å². The van der Waals surface area contributed by atoms with Gasteiger partial charge in [0, 0.05) is 0 Å². The molecule has 0 amide bonds. The minimum atomic E-state index is -0.0457. The number of hydrogen-bond acceptors (Lipinski definition) is 2. The van der Waals surface area contributed by atoms with Gasteiger partial charge < -0.3 is 9.45 Å². The van der Waals surface area contributed by atoms with E-state index in [1.165, 1.54) is 7.48 Å². The first kappa shape index (κ1) is 5.53. The Morgan fingerprint density at radius 2 is 2.10 bits per heavy atom. The Morgan fingerprint density at radius 3 is 2.90 bits per heavy atom. The van der Waals surface area contributed by atoms with Crippen LogP contribution >= 0.6 is 0 Å². The topological polar surface area (TPSA) is 26.3 Å². The van der Waals surface area contributed by atoms with Gasteiger partial charge in [0.15, 0.2) is 5.68 Å². The molecular weight excluding hydrogens is 127 g/mol. The first-order valence-corrected chi connectivity index (χ1v) is 3.01. The fraction of sp³-hybridized carbons (Fsp3) is 0. The zero-order chi connectivity index (χ0) is 6.97. The molecule has 0 N–H and O–H groups in total. The van der Waals surface area contributed by atoms with Crippen molar-refractivity contribution in [1.29, 1.82) is 0 Å². The molecule has 0 saturated carbocycles. The number of rotatable bonds is 0. The molecule has 1 aromatic rings. The van der Waals surface area contributed by atoms with Gasteiger partial charge >= 0.3 is 7.48 Å². The Labute approximate surface area is 59.1 Å². The number of hydrogen-bond donors (Lipinski definition) is 0. The number of benzene rings is 1. The lowest BCUT2D eigenvalue weighted by molar-refractivity contribution is 0.107. The van der Waals surface area contributed by atoms with Gasteiger partial charge in [-0.1, -0.05) is 12.1 Å². The van der Waals surface area contributed by atoms with Gasteiger partial charge in [-0.25, -0.2) is 0 Å². The zero-order valence-corrected chi connectivity index (χ0v) is 5.20.